The molecule has 1 unspecified atom stereocenters. The van der Waals surface area contributed by atoms with Crippen molar-refractivity contribution in [1.29, 1.82) is 0 Å². The van der Waals surface area contributed by atoms with Gasteiger partial charge in [-0.3, -0.25) is 4.68 Å². The molecule has 1 saturated heterocycles. The second kappa shape index (κ2) is 8.90. The number of morpholine rings is 1. The summed E-state index contributed by atoms with van der Waals surface area (Å²) in [5.41, 5.74) is 3.39. The molecule has 1 N–H and O–H groups in total. The number of ether oxygens (including phenoxy) is 2. The molecule has 1 atom stereocenters. The van der Waals surface area contributed by atoms with Crippen molar-refractivity contribution < 1.29 is 9.47 Å². The summed E-state index contributed by atoms with van der Waals surface area (Å²) in [7, 11) is 3.62. The average molecular weight is 371 g/mol. The van der Waals surface area contributed by atoms with E-state index in [9.17, 15) is 0 Å². The Labute approximate surface area is 161 Å². The summed E-state index contributed by atoms with van der Waals surface area (Å²) in [5, 5.41) is 7.67. The van der Waals surface area contributed by atoms with Crippen LogP contribution >= 0.6 is 0 Å². The number of hydrogen-bond acceptors (Lipinski definition) is 4. The molecular formula is C20H29N5O2. The lowest BCUT2D eigenvalue weighted by Crippen LogP contribution is -2.48. The van der Waals surface area contributed by atoms with Crippen LogP contribution < -0.4 is 10.1 Å². The zero-order valence-corrected chi connectivity index (χ0v) is 16.6. The minimum Gasteiger partial charge on any atom is -0.496 e. The van der Waals surface area contributed by atoms with Crippen LogP contribution in [0.2, 0.25) is 0 Å². The zero-order chi connectivity index (χ0) is 19.2. The highest BCUT2D eigenvalue weighted by molar-refractivity contribution is 5.80. The highest BCUT2D eigenvalue weighted by Gasteiger charge is 2.25. The number of nitrogens with one attached hydrogen (secondary N) is 1. The minimum absolute atomic E-state index is 0.0135. The van der Waals surface area contributed by atoms with Crippen LogP contribution in [-0.4, -0.2) is 54.0 Å². The van der Waals surface area contributed by atoms with Gasteiger partial charge in [-0.05, 0) is 31.0 Å². The van der Waals surface area contributed by atoms with Crippen LogP contribution in [0.5, 0.6) is 5.75 Å². The van der Waals surface area contributed by atoms with Gasteiger partial charge >= 0.3 is 0 Å². The highest BCUT2D eigenvalue weighted by atomic mass is 16.5. The van der Waals surface area contributed by atoms with Crippen molar-refractivity contribution in [3.63, 3.8) is 0 Å². The fourth-order valence-electron chi connectivity index (χ4n) is 3.28. The van der Waals surface area contributed by atoms with Gasteiger partial charge < -0.3 is 19.7 Å². The Hall–Kier alpha value is -2.54. The summed E-state index contributed by atoms with van der Waals surface area (Å²) in [6, 6.07) is 6.20. The average Bonchev–Trinajstić information content (AvgIpc) is 3.12. The predicted octanol–water partition coefficient (Wildman–Crippen LogP) is 2.28. The number of guanidine groups is 1. The first-order valence-electron chi connectivity index (χ1n) is 9.37. The van der Waals surface area contributed by atoms with Crippen molar-refractivity contribution in [3.8, 4) is 5.75 Å². The first-order chi connectivity index (χ1) is 13.1. The van der Waals surface area contributed by atoms with Crippen molar-refractivity contribution in [3.05, 3.63) is 47.3 Å². The first kappa shape index (κ1) is 19.2. The summed E-state index contributed by atoms with van der Waals surface area (Å²) < 4.78 is 13.1. The molecule has 0 aliphatic carbocycles. The third-order valence-corrected chi connectivity index (χ3v) is 4.67. The first-order valence-corrected chi connectivity index (χ1v) is 9.37. The molecular weight excluding hydrogens is 342 g/mol. The molecule has 3 rings (SSSR count). The molecule has 1 aliphatic rings. The van der Waals surface area contributed by atoms with Crippen LogP contribution in [0.3, 0.4) is 0 Å². The van der Waals surface area contributed by atoms with E-state index in [2.05, 4.69) is 41.3 Å². The molecule has 0 amide bonds. The van der Waals surface area contributed by atoms with Gasteiger partial charge in [0.25, 0.3) is 0 Å². The summed E-state index contributed by atoms with van der Waals surface area (Å²) in [5.74, 6) is 1.82. The third kappa shape index (κ3) is 4.80. The van der Waals surface area contributed by atoms with Crippen molar-refractivity contribution in [2.75, 3.05) is 33.4 Å². The molecule has 146 valence electrons. The molecule has 1 aromatic heterocycles. The van der Waals surface area contributed by atoms with Crippen LogP contribution in [0.15, 0.2) is 35.6 Å². The van der Waals surface area contributed by atoms with Crippen molar-refractivity contribution >= 4 is 5.96 Å². The molecule has 1 aromatic carbocycles. The second-order valence-corrected chi connectivity index (χ2v) is 6.73. The fourth-order valence-corrected chi connectivity index (χ4v) is 3.28. The van der Waals surface area contributed by atoms with E-state index in [0.29, 0.717) is 13.2 Å². The van der Waals surface area contributed by atoms with Crippen molar-refractivity contribution in [2.24, 2.45) is 12.0 Å². The normalized spacial score (nSPS) is 17.9. The maximum Gasteiger partial charge on any atom is 0.194 e. The van der Waals surface area contributed by atoms with E-state index in [0.717, 1.165) is 42.5 Å². The van der Waals surface area contributed by atoms with Gasteiger partial charge in [-0.15, -0.1) is 0 Å². The van der Waals surface area contributed by atoms with E-state index in [-0.39, 0.29) is 6.10 Å². The molecule has 0 saturated carbocycles. The van der Waals surface area contributed by atoms with E-state index in [1.807, 2.05) is 30.2 Å². The summed E-state index contributed by atoms with van der Waals surface area (Å²) in [6.45, 7) is 7.86. The lowest BCUT2D eigenvalue weighted by atomic mass is 10.1. The Morgan fingerprint density at radius 2 is 2.30 bits per heavy atom. The molecule has 7 nitrogen and oxygen atoms in total. The van der Waals surface area contributed by atoms with Gasteiger partial charge in [0.2, 0.25) is 0 Å². The SMILES string of the molecule is CCNC(=NCc1ccc(OC)c(C)c1)N1CCOC(c2cnn(C)c2)C1. The van der Waals surface area contributed by atoms with Crippen LogP contribution in [0.25, 0.3) is 0 Å². The third-order valence-electron chi connectivity index (χ3n) is 4.67. The molecule has 0 radical (unpaired) electrons. The van der Waals surface area contributed by atoms with Crippen LogP contribution in [-0.2, 0) is 18.3 Å². The number of benzene rings is 1. The lowest BCUT2D eigenvalue weighted by molar-refractivity contribution is -0.00805. The topological polar surface area (TPSA) is 63.9 Å². The lowest BCUT2D eigenvalue weighted by Gasteiger charge is -2.34. The maximum absolute atomic E-state index is 5.95. The maximum atomic E-state index is 5.95. The number of methoxy groups -OCH3 is 1. The number of aliphatic imine (C=N–C) groups is 1. The molecule has 1 aliphatic heterocycles. The number of aryl methyl sites for hydroxylation is 2. The summed E-state index contributed by atoms with van der Waals surface area (Å²) >= 11 is 0. The molecule has 0 spiro atoms. The Morgan fingerprint density at radius 1 is 1.44 bits per heavy atom. The Bertz CT molecular complexity index is 786. The van der Waals surface area contributed by atoms with E-state index in [4.69, 9.17) is 14.5 Å². The van der Waals surface area contributed by atoms with Gasteiger partial charge in [0.05, 0.1) is 33.0 Å². The number of rotatable bonds is 5. The number of nitrogens with zero attached hydrogens (tertiary/aromatic N) is 4. The largest absolute Gasteiger partial charge is 0.496 e. The zero-order valence-electron chi connectivity index (χ0n) is 16.6. The number of hydrogen-bond donors (Lipinski definition) is 1. The fraction of sp³-hybridized carbons (Fsp3) is 0.500. The molecule has 2 heterocycles. The quantitative estimate of drug-likeness (QED) is 0.645. The van der Waals surface area contributed by atoms with Gasteiger partial charge in [0, 0.05) is 31.9 Å². The Balaban J connectivity index is 1.71. The van der Waals surface area contributed by atoms with Crippen LogP contribution in [0, 0.1) is 6.92 Å². The molecule has 0 bridgehead atoms. The van der Waals surface area contributed by atoms with Gasteiger partial charge in [0.15, 0.2) is 5.96 Å². The summed E-state index contributed by atoms with van der Waals surface area (Å²) in [4.78, 5) is 7.12. The van der Waals surface area contributed by atoms with Crippen molar-refractivity contribution in [1.82, 2.24) is 20.0 Å². The monoisotopic (exact) mass is 371 g/mol. The Kier molecular flexibility index (Phi) is 6.34. The van der Waals surface area contributed by atoms with Crippen LogP contribution in [0.1, 0.15) is 29.7 Å². The van der Waals surface area contributed by atoms with E-state index in [1.54, 1.807) is 7.11 Å². The Morgan fingerprint density at radius 3 is 2.96 bits per heavy atom. The summed E-state index contributed by atoms with van der Waals surface area (Å²) in [6.07, 6.45) is 3.90. The van der Waals surface area contributed by atoms with E-state index < -0.39 is 0 Å². The smallest absolute Gasteiger partial charge is 0.194 e. The van der Waals surface area contributed by atoms with Gasteiger partial charge in [-0.25, -0.2) is 4.99 Å². The molecule has 1 fully saturated rings. The highest BCUT2D eigenvalue weighted by Crippen LogP contribution is 2.22. The van der Waals surface area contributed by atoms with Gasteiger partial charge in [-0.2, -0.15) is 5.10 Å². The van der Waals surface area contributed by atoms with E-state index in [1.165, 1.54) is 5.56 Å². The van der Waals surface area contributed by atoms with Gasteiger partial charge in [0.1, 0.15) is 11.9 Å². The predicted molar refractivity (Wildman–Crippen MR) is 106 cm³/mol. The van der Waals surface area contributed by atoms with E-state index >= 15 is 0 Å². The van der Waals surface area contributed by atoms with Crippen LogP contribution in [0.4, 0.5) is 0 Å². The number of aromatic nitrogens is 2. The minimum atomic E-state index is 0.0135. The molecule has 27 heavy (non-hydrogen) atoms. The molecule has 2 aromatic rings. The van der Waals surface area contributed by atoms with Crippen molar-refractivity contribution in [2.45, 2.75) is 26.5 Å². The standard InChI is InChI=1S/C20H29N5O2/c1-5-21-20(22-11-16-6-7-18(26-4)15(2)10-16)25-8-9-27-19(14-25)17-12-23-24(3)13-17/h6-7,10,12-13,19H,5,8-9,11,14H2,1-4H3,(H,21,22). The van der Waals surface area contributed by atoms with Gasteiger partial charge in [-0.1, -0.05) is 12.1 Å². The second-order valence-electron chi connectivity index (χ2n) is 6.73. The molecule has 7 heteroatoms.